The molecule has 0 bridgehead atoms. The van der Waals surface area contributed by atoms with E-state index in [4.69, 9.17) is 27.9 Å². The van der Waals surface area contributed by atoms with Crippen LogP contribution in [0.5, 0.6) is 5.75 Å². The Bertz CT molecular complexity index is 938. The molecule has 1 fully saturated rings. The molecule has 0 N–H and O–H groups in total. The molecule has 3 atom stereocenters. The first-order valence-electron chi connectivity index (χ1n) is 8.29. The van der Waals surface area contributed by atoms with Crippen molar-refractivity contribution in [2.45, 2.75) is 22.8 Å². The lowest BCUT2D eigenvalue weighted by Gasteiger charge is -2.36. The molecule has 0 unspecified atom stereocenters. The van der Waals surface area contributed by atoms with Gasteiger partial charge in [0.2, 0.25) is 0 Å². The van der Waals surface area contributed by atoms with Gasteiger partial charge in [-0.05, 0) is 23.1 Å². The van der Waals surface area contributed by atoms with E-state index in [1.807, 2.05) is 35.7 Å². The summed E-state index contributed by atoms with van der Waals surface area (Å²) in [7, 11) is 0. The summed E-state index contributed by atoms with van der Waals surface area (Å²) in [5.74, 6) is 0.932. The van der Waals surface area contributed by atoms with Crippen LogP contribution >= 0.6 is 34.5 Å². The SMILES string of the molecule is C[C@]12[C@H](c3ccccc3)c3ccccc3O[C@]1(c1cccs1)C2(Cl)Cl. The van der Waals surface area contributed by atoms with Crippen molar-refractivity contribution in [2.24, 2.45) is 5.41 Å². The summed E-state index contributed by atoms with van der Waals surface area (Å²) in [5, 5.41) is 2.05. The quantitative estimate of drug-likeness (QED) is 0.465. The van der Waals surface area contributed by atoms with Crippen LogP contribution in [0.25, 0.3) is 0 Å². The van der Waals surface area contributed by atoms with Gasteiger partial charge < -0.3 is 4.74 Å². The van der Waals surface area contributed by atoms with E-state index in [1.54, 1.807) is 11.3 Å². The first-order valence-corrected chi connectivity index (χ1v) is 9.92. The third-order valence-electron chi connectivity index (χ3n) is 5.83. The van der Waals surface area contributed by atoms with Crippen LogP contribution in [0.2, 0.25) is 0 Å². The van der Waals surface area contributed by atoms with Crippen LogP contribution in [-0.2, 0) is 5.60 Å². The van der Waals surface area contributed by atoms with Crippen molar-refractivity contribution in [1.82, 2.24) is 0 Å². The number of halogens is 2. The molecule has 2 aromatic carbocycles. The van der Waals surface area contributed by atoms with Crippen LogP contribution in [0, 0.1) is 5.41 Å². The minimum absolute atomic E-state index is 0.0655. The zero-order chi connectivity index (χ0) is 17.3. The number of para-hydroxylation sites is 1. The Morgan fingerprint density at radius 2 is 1.64 bits per heavy atom. The third-order valence-corrected chi connectivity index (χ3v) is 8.12. The molecular weight excluding hydrogens is 371 g/mol. The number of alkyl halides is 2. The predicted octanol–water partition coefficient (Wildman–Crippen LogP) is 6.36. The van der Waals surface area contributed by atoms with Crippen molar-refractivity contribution >= 4 is 34.5 Å². The molecule has 0 spiro atoms. The van der Waals surface area contributed by atoms with Crippen molar-refractivity contribution in [3.63, 3.8) is 0 Å². The molecule has 1 aliphatic heterocycles. The van der Waals surface area contributed by atoms with E-state index < -0.39 is 15.3 Å². The Hall–Kier alpha value is -1.48. The van der Waals surface area contributed by atoms with Gasteiger partial charge in [0.1, 0.15) is 5.75 Å². The zero-order valence-electron chi connectivity index (χ0n) is 13.6. The van der Waals surface area contributed by atoms with E-state index in [1.165, 1.54) is 5.56 Å². The van der Waals surface area contributed by atoms with Gasteiger partial charge in [-0.15, -0.1) is 11.3 Å². The molecule has 0 amide bonds. The van der Waals surface area contributed by atoms with Crippen LogP contribution < -0.4 is 4.74 Å². The molecule has 0 saturated heterocycles. The second-order valence-electron chi connectivity index (χ2n) is 6.92. The van der Waals surface area contributed by atoms with Crippen LogP contribution in [0.3, 0.4) is 0 Å². The largest absolute Gasteiger partial charge is 0.477 e. The zero-order valence-corrected chi connectivity index (χ0v) is 15.9. The Morgan fingerprint density at radius 3 is 2.36 bits per heavy atom. The maximum atomic E-state index is 6.98. The van der Waals surface area contributed by atoms with E-state index in [0.29, 0.717) is 0 Å². The average Bonchev–Trinajstić information content (AvgIpc) is 3.01. The van der Waals surface area contributed by atoms with Crippen molar-refractivity contribution in [1.29, 1.82) is 0 Å². The summed E-state index contributed by atoms with van der Waals surface area (Å²) >= 11 is 15.6. The highest BCUT2D eigenvalue weighted by Gasteiger charge is 2.92. The second kappa shape index (κ2) is 5.03. The van der Waals surface area contributed by atoms with E-state index in [-0.39, 0.29) is 5.92 Å². The molecule has 5 rings (SSSR count). The monoisotopic (exact) mass is 386 g/mol. The molecule has 2 aliphatic rings. The molecular formula is C21H16Cl2OS. The molecule has 3 aromatic rings. The molecule has 1 aromatic heterocycles. The van der Waals surface area contributed by atoms with Crippen LogP contribution in [0.4, 0.5) is 0 Å². The summed E-state index contributed by atoms with van der Waals surface area (Å²) < 4.78 is 5.54. The summed E-state index contributed by atoms with van der Waals surface area (Å²) in [5.41, 5.74) is 1.17. The smallest absolute Gasteiger partial charge is 0.186 e. The predicted molar refractivity (Wildman–Crippen MR) is 104 cm³/mol. The van der Waals surface area contributed by atoms with Crippen molar-refractivity contribution in [3.8, 4) is 5.75 Å². The molecule has 0 radical (unpaired) electrons. The number of thiophene rings is 1. The number of benzene rings is 2. The van der Waals surface area contributed by atoms with Gasteiger partial charge in [0.15, 0.2) is 9.93 Å². The van der Waals surface area contributed by atoms with Crippen molar-refractivity contribution < 1.29 is 4.74 Å². The molecule has 1 saturated carbocycles. The number of hydrogen-bond donors (Lipinski definition) is 0. The first-order chi connectivity index (χ1) is 12.0. The fourth-order valence-electron chi connectivity index (χ4n) is 4.56. The summed E-state index contributed by atoms with van der Waals surface area (Å²) in [6, 6.07) is 22.8. The third kappa shape index (κ3) is 1.71. The molecule has 2 heterocycles. The molecule has 1 aliphatic carbocycles. The van der Waals surface area contributed by atoms with Gasteiger partial charge in [0.25, 0.3) is 0 Å². The number of hydrogen-bond acceptors (Lipinski definition) is 2. The number of fused-ring (bicyclic) bond motifs is 2. The van der Waals surface area contributed by atoms with E-state index in [0.717, 1.165) is 16.2 Å². The van der Waals surface area contributed by atoms with E-state index in [9.17, 15) is 0 Å². The van der Waals surface area contributed by atoms with Gasteiger partial charge in [-0.2, -0.15) is 0 Å². The lowest BCUT2D eigenvalue weighted by atomic mass is 9.75. The average molecular weight is 387 g/mol. The minimum Gasteiger partial charge on any atom is -0.477 e. The fraction of sp³-hybridized carbons (Fsp3) is 0.238. The number of rotatable bonds is 2. The van der Waals surface area contributed by atoms with Gasteiger partial charge in [-0.3, -0.25) is 0 Å². The molecule has 1 nitrogen and oxygen atoms in total. The summed E-state index contributed by atoms with van der Waals surface area (Å²) in [4.78, 5) is 1.08. The van der Waals surface area contributed by atoms with Crippen molar-refractivity contribution in [2.75, 3.05) is 0 Å². The molecule has 25 heavy (non-hydrogen) atoms. The second-order valence-corrected chi connectivity index (χ2v) is 9.19. The van der Waals surface area contributed by atoms with Crippen LogP contribution in [-0.4, -0.2) is 4.33 Å². The highest BCUT2D eigenvalue weighted by atomic mass is 35.5. The Morgan fingerprint density at radius 1 is 0.920 bits per heavy atom. The van der Waals surface area contributed by atoms with Crippen LogP contribution in [0.15, 0.2) is 72.1 Å². The summed E-state index contributed by atoms with van der Waals surface area (Å²) in [6.07, 6.45) is 0. The van der Waals surface area contributed by atoms with Gasteiger partial charge in [0.05, 0.1) is 10.3 Å². The number of ether oxygens (including phenoxy) is 1. The Labute approximate surface area is 161 Å². The van der Waals surface area contributed by atoms with Crippen molar-refractivity contribution in [3.05, 3.63) is 88.1 Å². The molecule has 4 heteroatoms. The van der Waals surface area contributed by atoms with Gasteiger partial charge >= 0.3 is 0 Å². The lowest BCUT2D eigenvalue weighted by molar-refractivity contribution is 0.105. The Kier molecular flexibility index (Phi) is 3.17. The highest BCUT2D eigenvalue weighted by molar-refractivity contribution is 7.10. The fourth-order valence-corrected chi connectivity index (χ4v) is 6.77. The topological polar surface area (TPSA) is 9.23 Å². The summed E-state index contributed by atoms with van der Waals surface area (Å²) in [6.45, 7) is 2.15. The van der Waals surface area contributed by atoms with E-state index >= 15 is 0 Å². The normalized spacial score (nSPS) is 31.6. The first kappa shape index (κ1) is 15.7. The minimum atomic E-state index is -1.01. The standard InChI is InChI=1S/C21H16Cl2OS/c1-19-18(14-8-3-2-4-9-14)15-10-5-6-11-16(15)24-20(19,21(19,22)23)17-12-7-13-25-17/h2-13,18H,1H3/t18-,19+,20+/m1/s1. The maximum Gasteiger partial charge on any atom is 0.186 e. The lowest BCUT2D eigenvalue weighted by Crippen LogP contribution is -2.32. The van der Waals surface area contributed by atoms with Gasteiger partial charge in [-0.25, -0.2) is 0 Å². The van der Waals surface area contributed by atoms with E-state index in [2.05, 4.69) is 43.3 Å². The highest BCUT2D eigenvalue weighted by Crippen LogP contribution is 2.85. The van der Waals surface area contributed by atoms with Gasteiger partial charge in [0, 0.05) is 11.5 Å². The maximum absolute atomic E-state index is 6.98. The Balaban J connectivity index is 1.81. The molecule has 126 valence electrons. The van der Waals surface area contributed by atoms with Gasteiger partial charge in [-0.1, -0.05) is 84.7 Å². The van der Waals surface area contributed by atoms with Crippen LogP contribution in [0.1, 0.15) is 28.8 Å².